The molecule has 3 aromatic carbocycles. The maximum atomic E-state index is 13.7. The van der Waals surface area contributed by atoms with Gasteiger partial charge < -0.3 is 10.1 Å². The van der Waals surface area contributed by atoms with E-state index in [1.54, 1.807) is 48.5 Å². The van der Waals surface area contributed by atoms with Crippen LogP contribution in [0.4, 0.5) is 11.4 Å². The molecule has 1 aliphatic heterocycles. The van der Waals surface area contributed by atoms with Gasteiger partial charge in [0.05, 0.1) is 17.9 Å². The van der Waals surface area contributed by atoms with E-state index in [2.05, 4.69) is 15.4 Å². The fourth-order valence-electron chi connectivity index (χ4n) is 4.69. The van der Waals surface area contributed by atoms with Crippen molar-refractivity contribution < 1.29 is 14.3 Å². The lowest BCUT2D eigenvalue weighted by Gasteiger charge is -2.16. The Morgan fingerprint density at radius 2 is 1.68 bits per heavy atom. The lowest BCUT2D eigenvalue weighted by Crippen LogP contribution is -2.37. The molecule has 0 unspecified atom stereocenters. The zero-order valence-corrected chi connectivity index (χ0v) is 22.7. The van der Waals surface area contributed by atoms with Gasteiger partial charge in [0.2, 0.25) is 10.9 Å². The molecular formula is C30H23N5O5S. The molecule has 0 spiro atoms. The summed E-state index contributed by atoms with van der Waals surface area (Å²) in [5, 5.41) is 7.10. The SMILES string of the molecule is CCOc1ccc(NC(=O)CN2C(=O)/C(=c3\sc4nc(=O)c(Cc5ccccc5)nn4c3=O)c3ccccc32)cc1. The third-order valence-electron chi connectivity index (χ3n) is 6.54. The topological polar surface area (TPSA) is 123 Å². The zero-order chi connectivity index (χ0) is 28.5. The van der Waals surface area contributed by atoms with Crippen molar-refractivity contribution in [2.75, 3.05) is 23.4 Å². The van der Waals surface area contributed by atoms with E-state index in [4.69, 9.17) is 4.74 Å². The number of carbonyl (C=O) groups excluding carboxylic acids is 2. The lowest BCUT2D eigenvalue weighted by molar-refractivity contribution is -0.118. The second kappa shape index (κ2) is 10.8. The van der Waals surface area contributed by atoms with Gasteiger partial charge in [0.1, 0.15) is 22.5 Å². The van der Waals surface area contributed by atoms with E-state index in [0.29, 0.717) is 29.3 Å². The van der Waals surface area contributed by atoms with Gasteiger partial charge >= 0.3 is 0 Å². The molecular weight excluding hydrogens is 542 g/mol. The van der Waals surface area contributed by atoms with E-state index in [1.165, 1.54) is 4.90 Å². The van der Waals surface area contributed by atoms with Gasteiger partial charge in [-0.15, -0.1) is 0 Å². The summed E-state index contributed by atoms with van der Waals surface area (Å²) >= 11 is 0.926. The molecule has 0 aliphatic carbocycles. The minimum absolute atomic E-state index is 0.0938. The Balaban J connectivity index is 1.35. The van der Waals surface area contributed by atoms with Gasteiger partial charge in [0, 0.05) is 17.7 Å². The van der Waals surface area contributed by atoms with Crippen molar-refractivity contribution in [1.82, 2.24) is 14.6 Å². The number of benzene rings is 3. The molecule has 2 amide bonds. The predicted octanol–water partition coefficient (Wildman–Crippen LogP) is 2.40. The highest BCUT2D eigenvalue weighted by Crippen LogP contribution is 2.35. The van der Waals surface area contributed by atoms with Crippen molar-refractivity contribution in [1.29, 1.82) is 0 Å². The first-order chi connectivity index (χ1) is 19.9. The zero-order valence-electron chi connectivity index (χ0n) is 21.9. The Bertz CT molecular complexity index is 1970. The summed E-state index contributed by atoms with van der Waals surface area (Å²) in [4.78, 5) is 58.4. The van der Waals surface area contributed by atoms with Crippen LogP contribution in [0.15, 0.2) is 88.5 Å². The normalized spacial score (nSPS) is 13.9. The van der Waals surface area contributed by atoms with E-state index < -0.39 is 22.9 Å². The van der Waals surface area contributed by atoms with Crippen LogP contribution in [0.2, 0.25) is 0 Å². The van der Waals surface area contributed by atoms with Gasteiger partial charge in [0.15, 0.2) is 0 Å². The van der Waals surface area contributed by atoms with Crippen molar-refractivity contribution >= 4 is 45.1 Å². The van der Waals surface area contributed by atoms with E-state index >= 15 is 0 Å². The summed E-state index contributed by atoms with van der Waals surface area (Å²) in [7, 11) is 0. The molecule has 11 heteroatoms. The molecule has 1 N–H and O–H groups in total. The van der Waals surface area contributed by atoms with Crippen molar-refractivity contribution in [3.8, 4) is 5.75 Å². The van der Waals surface area contributed by atoms with Crippen LogP contribution in [0, 0.1) is 0 Å². The van der Waals surface area contributed by atoms with Gasteiger partial charge in [-0.1, -0.05) is 59.9 Å². The molecule has 0 fully saturated rings. The Morgan fingerprint density at radius 1 is 0.951 bits per heavy atom. The highest BCUT2D eigenvalue weighted by atomic mass is 32.1. The number of nitrogens with zero attached hydrogens (tertiary/aromatic N) is 4. The number of nitrogens with one attached hydrogen (secondary N) is 1. The number of fused-ring (bicyclic) bond motifs is 2. The quantitative estimate of drug-likeness (QED) is 0.322. The average molecular weight is 566 g/mol. The second-order valence-corrected chi connectivity index (χ2v) is 10.2. The van der Waals surface area contributed by atoms with Gasteiger partial charge in [-0.25, -0.2) is 0 Å². The fourth-order valence-corrected chi connectivity index (χ4v) is 5.69. The summed E-state index contributed by atoms with van der Waals surface area (Å²) < 4.78 is 6.61. The molecule has 0 bridgehead atoms. The Morgan fingerprint density at radius 3 is 2.44 bits per heavy atom. The van der Waals surface area contributed by atoms with E-state index in [9.17, 15) is 19.2 Å². The number of amides is 2. The van der Waals surface area contributed by atoms with Crippen molar-refractivity contribution in [2.24, 2.45) is 0 Å². The minimum atomic E-state index is -0.550. The summed E-state index contributed by atoms with van der Waals surface area (Å²) in [5.74, 6) is -0.219. The third kappa shape index (κ3) is 4.98. The molecule has 3 heterocycles. The molecule has 2 aromatic heterocycles. The molecule has 0 saturated carbocycles. The summed E-state index contributed by atoms with van der Waals surface area (Å²) in [5.41, 5.74) is 1.63. The van der Waals surface area contributed by atoms with Crippen LogP contribution in [0.1, 0.15) is 23.7 Å². The van der Waals surface area contributed by atoms with Crippen molar-refractivity contribution in [2.45, 2.75) is 13.3 Å². The van der Waals surface area contributed by atoms with Crippen LogP contribution >= 0.6 is 11.3 Å². The Hall–Kier alpha value is -5.16. The predicted molar refractivity (Wildman–Crippen MR) is 155 cm³/mol. The van der Waals surface area contributed by atoms with Crippen LogP contribution in [0.3, 0.4) is 0 Å². The van der Waals surface area contributed by atoms with Crippen LogP contribution < -0.4 is 30.6 Å². The number of rotatable bonds is 7. The van der Waals surface area contributed by atoms with Crippen molar-refractivity contribution in [3.63, 3.8) is 0 Å². The van der Waals surface area contributed by atoms with Crippen molar-refractivity contribution in [3.05, 3.63) is 121 Å². The molecule has 0 radical (unpaired) electrons. The fraction of sp³-hybridized carbons (Fsp3) is 0.133. The number of anilines is 2. The summed E-state index contributed by atoms with van der Waals surface area (Å²) in [6, 6.07) is 23.2. The van der Waals surface area contributed by atoms with Crippen LogP contribution in [0.25, 0.3) is 10.5 Å². The van der Waals surface area contributed by atoms with E-state index in [0.717, 1.165) is 21.4 Å². The largest absolute Gasteiger partial charge is 0.494 e. The molecule has 204 valence electrons. The van der Waals surface area contributed by atoms with E-state index in [1.807, 2.05) is 37.3 Å². The van der Waals surface area contributed by atoms with Gasteiger partial charge in [-0.3, -0.25) is 24.1 Å². The molecule has 5 aromatic rings. The molecule has 41 heavy (non-hydrogen) atoms. The van der Waals surface area contributed by atoms with Gasteiger partial charge in [-0.05, 0) is 42.8 Å². The number of para-hydroxylation sites is 1. The lowest BCUT2D eigenvalue weighted by atomic mass is 10.1. The average Bonchev–Trinajstić information content (AvgIpc) is 3.42. The third-order valence-corrected chi connectivity index (χ3v) is 7.57. The maximum absolute atomic E-state index is 13.7. The Kier molecular flexibility index (Phi) is 6.86. The maximum Gasteiger partial charge on any atom is 0.296 e. The smallest absolute Gasteiger partial charge is 0.296 e. The number of aromatic nitrogens is 3. The first kappa shape index (κ1) is 26.1. The monoisotopic (exact) mass is 565 g/mol. The minimum Gasteiger partial charge on any atom is -0.494 e. The number of hydrogen-bond donors (Lipinski definition) is 1. The molecule has 0 saturated heterocycles. The highest BCUT2D eigenvalue weighted by molar-refractivity contribution is 7.15. The number of thiazole rings is 1. The Labute approximate surface area is 237 Å². The molecule has 6 rings (SSSR count). The standard InChI is InChI=1S/C30H23N5O5S/c1-2-40-20-14-12-19(13-15-20)31-24(36)17-34-23-11-7-6-10-21(23)25(28(34)38)26-29(39)35-30(41-26)32-27(37)22(33-35)16-18-8-4-3-5-9-18/h3-15H,2,16-17H2,1H3,(H,31,36)/b26-25-. The molecule has 10 nitrogen and oxygen atoms in total. The molecule has 1 aliphatic rings. The highest BCUT2D eigenvalue weighted by Gasteiger charge is 2.35. The number of ether oxygens (including phenoxy) is 1. The number of hydrogen-bond acceptors (Lipinski definition) is 8. The summed E-state index contributed by atoms with van der Waals surface area (Å²) in [6.07, 6.45) is 0.218. The van der Waals surface area contributed by atoms with Gasteiger partial charge in [0.25, 0.3) is 17.0 Å². The summed E-state index contributed by atoms with van der Waals surface area (Å²) in [6.45, 7) is 2.15. The van der Waals surface area contributed by atoms with E-state index in [-0.39, 0.29) is 33.7 Å². The molecule has 0 atom stereocenters. The first-order valence-corrected chi connectivity index (χ1v) is 13.7. The second-order valence-electron chi connectivity index (χ2n) is 9.25. The van der Waals surface area contributed by atoms with Gasteiger partial charge in [-0.2, -0.15) is 14.6 Å². The van der Waals surface area contributed by atoms with Crippen LogP contribution in [-0.4, -0.2) is 39.6 Å². The first-order valence-electron chi connectivity index (χ1n) is 12.9. The number of carbonyl (C=O) groups is 2. The van der Waals surface area contributed by atoms with Crippen LogP contribution in [0.5, 0.6) is 5.75 Å². The van der Waals surface area contributed by atoms with Crippen LogP contribution in [-0.2, 0) is 16.0 Å².